The van der Waals surface area contributed by atoms with E-state index < -0.39 is 5.60 Å². The van der Waals surface area contributed by atoms with Crippen LogP contribution < -0.4 is 5.73 Å². The van der Waals surface area contributed by atoms with Gasteiger partial charge in [0.1, 0.15) is 11.4 Å². The highest BCUT2D eigenvalue weighted by atomic mass is 16.6. The first-order valence-corrected chi connectivity index (χ1v) is 7.77. The Labute approximate surface area is 132 Å². The number of anilines is 1. The van der Waals surface area contributed by atoms with Gasteiger partial charge >= 0.3 is 6.09 Å². The summed E-state index contributed by atoms with van der Waals surface area (Å²) in [7, 11) is 1.81. The summed E-state index contributed by atoms with van der Waals surface area (Å²) >= 11 is 0. The van der Waals surface area contributed by atoms with Crippen molar-refractivity contribution in [3.05, 3.63) is 11.8 Å². The van der Waals surface area contributed by atoms with Crippen molar-refractivity contribution in [3.63, 3.8) is 0 Å². The van der Waals surface area contributed by atoms with E-state index in [-0.39, 0.29) is 17.6 Å². The molecule has 0 bridgehead atoms. The molecule has 1 unspecified atom stereocenters. The first-order chi connectivity index (χ1) is 9.98. The Morgan fingerprint density at radius 2 is 2.09 bits per heavy atom. The van der Waals surface area contributed by atoms with Gasteiger partial charge in [-0.2, -0.15) is 5.10 Å². The van der Waals surface area contributed by atoms with E-state index in [9.17, 15) is 4.79 Å². The third kappa shape index (κ3) is 3.72. The van der Waals surface area contributed by atoms with E-state index >= 15 is 0 Å². The molecule has 2 N–H and O–H groups in total. The molecule has 0 spiro atoms. The molecule has 1 aromatic heterocycles. The van der Waals surface area contributed by atoms with Crippen molar-refractivity contribution < 1.29 is 9.53 Å². The fraction of sp³-hybridized carbons (Fsp3) is 0.750. The van der Waals surface area contributed by atoms with E-state index in [1.807, 2.05) is 33.9 Å². The lowest BCUT2D eigenvalue weighted by Crippen LogP contribution is -2.47. The number of aromatic nitrogens is 2. The summed E-state index contributed by atoms with van der Waals surface area (Å²) < 4.78 is 7.22. The number of carbonyl (C=O) groups is 1. The SMILES string of the molecule is Cn1nc(C2CCC(C)(C)CN2C(=O)OC(C)(C)C)cc1N. The quantitative estimate of drug-likeness (QED) is 0.865. The number of nitrogens with two attached hydrogens (primary N) is 1. The van der Waals surface area contributed by atoms with Gasteiger partial charge in [0.2, 0.25) is 0 Å². The zero-order valence-electron chi connectivity index (χ0n) is 14.5. The first-order valence-electron chi connectivity index (χ1n) is 7.77. The number of piperidine rings is 1. The van der Waals surface area contributed by atoms with Crippen LogP contribution in [0.5, 0.6) is 0 Å². The summed E-state index contributed by atoms with van der Waals surface area (Å²) in [5, 5.41) is 4.45. The van der Waals surface area contributed by atoms with Crippen molar-refractivity contribution >= 4 is 11.9 Å². The van der Waals surface area contributed by atoms with Crippen LogP contribution in [-0.4, -0.2) is 32.9 Å². The van der Waals surface area contributed by atoms with Crippen molar-refractivity contribution in [2.45, 2.75) is 59.1 Å². The van der Waals surface area contributed by atoms with Gasteiger partial charge in [0.15, 0.2) is 0 Å². The molecule has 1 aliphatic rings. The largest absolute Gasteiger partial charge is 0.444 e. The Balaban J connectivity index is 2.28. The van der Waals surface area contributed by atoms with E-state index in [0.29, 0.717) is 12.4 Å². The van der Waals surface area contributed by atoms with Crippen LogP contribution in [0.15, 0.2) is 6.07 Å². The topological polar surface area (TPSA) is 73.4 Å². The van der Waals surface area contributed by atoms with Gasteiger partial charge in [0.25, 0.3) is 0 Å². The molecule has 0 radical (unpaired) electrons. The number of hydrogen-bond acceptors (Lipinski definition) is 4. The van der Waals surface area contributed by atoms with E-state index in [4.69, 9.17) is 10.5 Å². The average Bonchev–Trinajstić information content (AvgIpc) is 2.66. The molecule has 1 aliphatic heterocycles. The fourth-order valence-corrected chi connectivity index (χ4v) is 2.82. The first kappa shape index (κ1) is 16.6. The number of nitrogens with zero attached hydrogens (tertiary/aromatic N) is 3. The Morgan fingerprint density at radius 3 is 2.59 bits per heavy atom. The molecule has 0 saturated carbocycles. The molecule has 1 fully saturated rings. The Morgan fingerprint density at radius 1 is 1.45 bits per heavy atom. The van der Waals surface area contributed by atoms with Crippen molar-refractivity contribution in [1.29, 1.82) is 0 Å². The number of likely N-dealkylation sites (tertiary alicyclic amines) is 1. The van der Waals surface area contributed by atoms with Gasteiger partial charge in [-0.05, 0) is 39.0 Å². The van der Waals surface area contributed by atoms with E-state index in [2.05, 4.69) is 18.9 Å². The molecule has 6 nitrogen and oxygen atoms in total. The average molecular weight is 308 g/mol. The van der Waals surface area contributed by atoms with Crippen LogP contribution >= 0.6 is 0 Å². The summed E-state index contributed by atoms with van der Waals surface area (Å²) in [5.41, 5.74) is 6.29. The van der Waals surface area contributed by atoms with Gasteiger partial charge in [-0.1, -0.05) is 13.8 Å². The number of rotatable bonds is 1. The predicted molar refractivity (Wildman–Crippen MR) is 86.3 cm³/mol. The maximum absolute atomic E-state index is 12.6. The maximum atomic E-state index is 12.6. The highest BCUT2D eigenvalue weighted by Crippen LogP contribution is 2.39. The number of amides is 1. The molecule has 22 heavy (non-hydrogen) atoms. The normalized spacial score (nSPS) is 21.7. The molecule has 1 aromatic rings. The van der Waals surface area contributed by atoms with Gasteiger partial charge in [0.05, 0.1) is 11.7 Å². The second kappa shape index (κ2) is 5.48. The Hall–Kier alpha value is -1.72. The lowest BCUT2D eigenvalue weighted by atomic mass is 9.80. The summed E-state index contributed by atoms with van der Waals surface area (Å²) in [4.78, 5) is 14.4. The second-order valence-electron chi connectivity index (χ2n) is 7.94. The zero-order chi connectivity index (χ0) is 16.7. The molecule has 0 aliphatic carbocycles. The van der Waals surface area contributed by atoms with Gasteiger partial charge in [-0.3, -0.25) is 9.58 Å². The smallest absolute Gasteiger partial charge is 0.410 e. The number of aryl methyl sites for hydroxylation is 1. The van der Waals surface area contributed by atoms with Crippen molar-refractivity contribution in [3.8, 4) is 0 Å². The molecule has 1 saturated heterocycles. The molecule has 1 amide bonds. The highest BCUT2D eigenvalue weighted by Gasteiger charge is 2.39. The summed E-state index contributed by atoms with van der Waals surface area (Å²) in [5.74, 6) is 0.601. The van der Waals surface area contributed by atoms with Crippen LogP contribution in [0.3, 0.4) is 0 Å². The lowest BCUT2D eigenvalue weighted by molar-refractivity contribution is -0.00869. The molecule has 2 rings (SSSR count). The standard InChI is InChI=1S/C16H28N4O2/c1-15(2,3)22-14(21)20-10-16(4,5)8-7-12(20)11-9-13(17)19(6)18-11/h9,12H,7-8,10,17H2,1-6H3. The van der Waals surface area contributed by atoms with Crippen LogP contribution in [0.4, 0.5) is 10.6 Å². The number of carbonyl (C=O) groups excluding carboxylic acids is 1. The van der Waals surface area contributed by atoms with E-state index in [1.165, 1.54) is 0 Å². The van der Waals surface area contributed by atoms with Crippen molar-refractivity contribution in [1.82, 2.24) is 14.7 Å². The number of ether oxygens (including phenoxy) is 1. The van der Waals surface area contributed by atoms with Crippen molar-refractivity contribution in [2.24, 2.45) is 12.5 Å². The van der Waals surface area contributed by atoms with Crippen LogP contribution in [0.2, 0.25) is 0 Å². The summed E-state index contributed by atoms with van der Waals surface area (Å²) in [6.45, 7) is 10.7. The number of hydrogen-bond donors (Lipinski definition) is 1. The van der Waals surface area contributed by atoms with Gasteiger partial charge in [0, 0.05) is 19.7 Å². The van der Waals surface area contributed by atoms with Crippen LogP contribution in [0.25, 0.3) is 0 Å². The van der Waals surface area contributed by atoms with E-state index in [0.717, 1.165) is 18.5 Å². The fourth-order valence-electron chi connectivity index (χ4n) is 2.82. The van der Waals surface area contributed by atoms with Crippen LogP contribution in [-0.2, 0) is 11.8 Å². The van der Waals surface area contributed by atoms with E-state index in [1.54, 1.807) is 9.58 Å². The number of nitrogen functional groups attached to an aromatic ring is 1. The Kier molecular flexibility index (Phi) is 4.15. The lowest BCUT2D eigenvalue weighted by Gasteiger charge is -2.43. The molecular weight excluding hydrogens is 280 g/mol. The molecule has 2 heterocycles. The molecule has 6 heteroatoms. The molecule has 124 valence electrons. The van der Waals surface area contributed by atoms with Crippen LogP contribution in [0, 0.1) is 5.41 Å². The van der Waals surface area contributed by atoms with Crippen molar-refractivity contribution in [2.75, 3.05) is 12.3 Å². The van der Waals surface area contributed by atoms with Gasteiger partial charge < -0.3 is 10.5 Å². The second-order valence-corrected chi connectivity index (χ2v) is 7.94. The highest BCUT2D eigenvalue weighted by molar-refractivity contribution is 5.69. The minimum atomic E-state index is -0.508. The molecular formula is C16H28N4O2. The monoisotopic (exact) mass is 308 g/mol. The van der Waals surface area contributed by atoms with Gasteiger partial charge in [-0.15, -0.1) is 0 Å². The maximum Gasteiger partial charge on any atom is 0.410 e. The minimum Gasteiger partial charge on any atom is -0.444 e. The summed E-state index contributed by atoms with van der Waals surface area (Å²) in [6.07, 6.45) is 1.62. The Bertz CT molecular complexity index is 537. The van der Waals surface area contributed by atoms with Gasteiger partial charge in [-0.25, -0.2) is 4.79 Å². The molecule has 0 aromatic carbocycles. The molecule has 1 atom stereocenters. The minimum absolute atomic E-state index is 0.0771. The van der Waals surface area contributed by atoms with Crippen LogP contribution in [0.1, 0.15) is 59.2 Å². The predicted octanol–water partition coefficient (Wildman–Crippen LogP) is 3.10. The third-order valence-corrected chi connectivity index (χ3v) is 3.97. The zero-order valence-corrected chi connectivity index (χ0v) is 14.5. The summed E-state index contributed by atoms with van der Waals surface area (Å²) in [6, 6.07) is 1.77. The third-order valence-electron chi connectivity index (χ3n) is 3.97.